The van der Waals surface area contributed by atoms with Crippen LogP contribution in [0.1, 0.15) is 19.8 Å². The number of Topliss-reactive ketones (excluding diaryl/α,β-unsaturated/α-hetero) is 1. The van der Waals surface area contributed by atoms with Gasteiger partial charge in [0.2, 0.25) is 0 Å². The Morgan fingerprint density at radius 2 is 2.27 bits per heavy atom. The number of ketones is 1. The SMILES string of the molecule is COC(=O)[C@@H]1CCC(=O)[C@@H]1C. The molecule has 1 rings (SSSR count). The van der Waals surface area contributed by atoms with E-state index >= 15 is 0 Å². The van der Waals surface area contributed by atoms with E-state index in [0.717, 1.165) is 0 Å². The molecular weight excluding hydrogens is 144 g/mol. The molecule has 0 spiro atoms. The van der Waals surface area contributed by atoms with E-state index in [1.807, 2.05) is 0 Å². The van der Waals surface area contributed by atoms with Crippen LogP contribution in [-0.4, -0.2) is 18.9 Å². The summed E-state index contributed by atoms with van der Waals surface area (Å²) in [6, 6.07) is 0. The molecule has 0 aromatic carbocycles. The predicted octanol–water partition coefficient (Wildman–Crippen LogP) is 0.775. The number of esters is 1. The molecule has 1 fully saturated rings. The average Bonchev–Trinajstić information content (AvgIpc) is 2.32. The molecule has 0 amide bonds. The van der Waals surface area contributed by atoms with E-state index in [4.69, 9.17) is 0 Å². The quantitative estimate of drug-likeness (QED) is 0.527. The van der Waals surface area contributed by atoms with E-state index in [0.29, 0.717) is 12.8 Å². The lowest BCUT2D eigenvalue weighted by Gasteiger charge is -2.09. The fourth-order valence-electron chi connectivity index (χ4n) is 1.47. The number of rotatable bonds is 1. The van der Waals surface area contributed by atoms with Gasteiger partial charge in [-0.05, 0) is 6.42 Å². The van der Waals surface area contributed by atoms with Crippen molar-refractivity contribution in [2.75, 3.05) is 7.11 Å². The van der Waals surface area contributed by atoms with Crippen molar-refractivity contribution in [1.29, 1.82) is 0 Å². The minimum Gasteiger partial charge on any atom is -0.469 e. The third kappa shape index (κ3) is 1.42. The molecule has 3 heteroatoms. The van der Waals surface area contributed by atoms with Crippen LogP contribution in [0.25, 0.3) is 0 Å². The molecule has 0 N–H and O–H groups in total. The first-order valence-corrected chi connectivity index (χ1v) is 3.77. The van der Waals surface area contributed by atoms with E-state index in [9.17, 15) is 9.59 Å². The van der Waals surface area contributed by atoms with Crippen LogP contribution in [0.4, 0.5) is 0 Å². The van der Waals surface area contributed by atoms with Crippen molar-refractivity contribution >= 4 is 11.8 Å². The summed E-state index contributed by atoms with van der Waals surface area (Å²) >= 11 is 0. The third-order valence-corrected chi connectivity index (χ3v) is 2.32. The second-order valence-corrected chi connectivity index (χ2v) is 2.92. The maximum Gasteiger partial charge on any atom is 0.309 e. The molecule has 0 aromatic heterocycles. The van der Waals surface area contributed by atoms with Gasteiger partial charge in [-0.2, -0.15) is 0 Å². The van der Waals surface area contributed by atoms with Gasteiger partial charge in [0.15, 0.2) is 0 Å². The lowest BCUT2D eigenvalue weighted by Crippen LogP contribution is -2.20. The van der Waals surface area contributed by atoms with Gasteiger partial charge in [-0.15, -0.1) is 0 Å². The number of methoxy groups -OCH3 is 1. The maximum atomic E-state index is 11.0. The highest BCUT2D eigenvalue weighted by atomic mass is 16.5. The van der Waals surface area contributed by atoms with Gasteiger partial charge in [-0.25, -0.2) is 0 Å². The van der Waals surface area contributed by atoms with Gasteiger partial charge in [0.05, 0.1) is 13.0 Å². The fourth-order valence-corrected chi connectivity index (χ4v) is 1.47. The van der Waals surface area contributed by atoms with Crippen LogP contribution in [0.15, 0.2) is 0 Å². The van der Waals surface area contributed by atoms with Crippen LogP contribution in [0, 0.1) is 11.8 Å². The summed E-state index contributed by atoms with van der Waals surface area (Å²) in [5.74, 6) is -0.390. The minimum absolute atomic E-state index is 0.137. The van der Waals surface area contributed by atoms with Gasteiger partial charge in [-0.1, -0.05) is 6.92 Å². The second-order valence-electron chi connectivity index (χ2n) is 2.92. The van der Waals surface area contributed by atoms with Gasteiger partial charge in [0, 0.05) is 12.3 Å². The van der Waals surface area contributed by atoms with Gasteiger partial charge >= 0.3 is 5.97 Å². The molecule has 0 aromatic rings. The lowest BCUT2D eigenvalue weighted by atomic mass is 9.98. The van der Waals surface area contributed by atoms with Crippen LogP contribution in [-0.2, 0) is 14.3 Å². The normalized spacial score (nSPS) is 30.5. The molecule has 1 aliphatic carbocycles. The van der Waals surface area contributed by atoms with Gasteiger partial charge in [0.25, 0.3) is 0 Å². The minimum atomic E-state index is -0.247. The predicted molar refractivity (Wildman–Crippen MR) is 38.9 cm³/mol. The Bertz CT molecular complexity index is 186. The Kier molecular flexibility index (Phi) is 2.27. The zero-order chi connectivity index (χ0) is 8.43. The first-order chi connectivity index (χ1) is 5.16. The van der Waals surface area contributed by atoms with Crippen LogP contribution < -0.4 is 0 Å². The molecule has 0 aliphatic heterocycles. The number of carbonyl (C=O) groups excluding carboxylic acids is 2. The first-order valence-electron chi connectivity index (χ1n) is 3.77. The van der Waals surface area contributed by atoms with Crippen molar-refractivity contribution in [1.82, 2.24) is 0 Å². The fraction of sp³-hybridized carbons (Fsp3) is 0.750. The summed E-state index contributed by atoms with van der Waals surface area (Å²) in [4.78, 5) is 22.0. The molecule has 1 aliphatic rings. The number of hydrogen-bond donors (Lipinski definition) is 0. The van der Waals surface area contributed by atoms with Crippen molar-refractivity contribution in [3.63, 3.8) is 0 Å². The average molecular weight is 156 g/mol. The molecule has 0 saturated heterocycles. The van der Waals surface area contributed by atoms with Crippen molar-refractivity contribution < 1.29 is 14.3 Å². The highest BCUT2D eigenvalue weighted by Gasteiger charge is 2.36. The molecule has 0 radical (unpaired) electrons. The topological polar surface area (TPSA) is 43.4 Å². The Hall–Kier alpha value is -0.860. The summed E-state index contributed by atoms with van der Waals surface area (Å²) in [5.41, 5.74) is 0. The molecule has 3 nitrogen and oxygen atoms in total. The maximum absolute atomic E-state index is 11.0. The van der Waals surface area contributed by atoms with Crippen molar-refractivity contribution in [2.24, 2.45) is 11.8 Å². The van der Waals surface area contributed by atoms with E-state index in [2.05, 4.69) is 4.74 Å². The zero-order valence-electron chi connectivity index (χ0n) is 6.79. The van der Waals surface area contributed by atoms with Crippen LogP contribution >= 0.6 is 0 Å². The number of carbonyl (C=O) groups is 2. The molecule has 2 atom stereocenters. The van der Waals surface area contributed by atoms with Crippen molar-refractivity contribution in [3.05, 3.63) is 0 Å². The van der Waals surface area contributed by atoms with Gasteiger partial charge in [-0.3, -0.25) is 9.59 Å². The molecule has 0 bridgehead atoms. The summed E-state index contributed by atoms with van der Waals surface area (Å²) < 4.78 is 4.56. The largest absolute Gasteiger partial charge is 0.469 e. The van der Waals surface area contributed by atoms with E-state index < -0.39 is 0 Å². The smallest absolute Gasteiger partial charge is 0.309 e. The molecule has 1 saturated carbocycles. The third-order valence-electron chi connectivity index (χ3n) is 2.32. The zero-order valence-corrected chi connectivity index (χ0v) is 6.79. The highest BCUT2D eigenvalue weighted by molar-refractivity contribution is 5.89. The lowest BCUT2D eigenvalue weighted by molar-refractivity contribution is -0.147. The summed E-state index contributed by atoms with van der Waals surface area (Å²) in [6.07, 6.45) is 1.19. The van der Waals surface area contributed by atoms with E-state index in [-0.39, 0.29) is 23.6 Å². The number of ether oxygens (including phenoxy) is 1. The van der Waals surface area contributed by atoms with Crippen molar-refractivity contribution in [2.45, 2.75) is 19.8 Å². The molecular formula is C8H12O3. The Morgan fingerprint density at radius 1 is 1.64 bits per heavy atom. The van der Waals surface area contributed by atoms with Crippen LogP contribution in [0.5, 0.6) is 0 Å². The Labute approximate surface area is 65.7 Å². The molecule has 62 valence electrons. The van der Waals surface area contributed by atoms with Gasteiger partial charge in [0.1, 0.15) is 5.78 Å². The van der Waals surface area contributed by atoms with E-state index in [1.165, 1.54) is 7.11 Å². The highest BCUT2D eigenvalue weighted by Crippen LogP contribution is 2.28. The summed E-state index contributed by atoms with van der Waals surface area (Å²) in [6.45, 7) is 1.79. The van der Waals surface area contributed by atoms with Crippen LogP contribution in [0.2, 0.25) is 0 Å². The number of hydrogen-bond acceptors (Lipinski definition) is 3. The summed E-state index contributed by atoms with van der Waals surface area (Å²) in [5, 5.41) is 0. The standard InChI is InChI=1S/C8H12O3/c1-5-6(8(10)11-2)3-4-7(5)9/h5-6H,3-4H2,1-2H3/t5-,6-/m1/s1. The monoisotopic (exact) mass is 156 g/mol. The van der Waals surface area contributed by atoms with Crippen molar-refractivity contribution in [3.8, 4) is 0 Å². The summed E-state index contributed by atoms with van der Waals surface area (Å²) in [7, 11) is 1.36. The molecule has 11 heavy (non-hydrogen) atoms. The Morgan fingerprint density at radius 3 is 2.64 bits per heavy atom. The van der Waals surface area contributed by atoms with E-state index in [1.54, 1.807) is 6.92 Å². The van der Waals surface area contributed by atoms with Crippen LogP contribution in [0.3, 0.4) is 0 Å². The molecule has 0 heterocycles. The molecule has 0 unspecified atom stereocenters. The second kappa shape index (κ2) is 3.03. The first kappa shape index (κ1) is 8.24. The van der Waals surface area contributed by atoms with Gasteiger partial charge < -0.3 is 4.74 Å². The Balaban J connectivity index is 2.61.